The number of benzene rings is 3. The van der Waals surface area contributed by atoms with Crippen LogP contribution in [0.1, 0.15) is 35.2 Å². The first-order valence-corrected chi connectivity index (χ1v) is 10.8. The summed E-state index contributed by atoms with van der Waals surface area (Å²) >= 11 is 0. The smallest absolute Gasteiger partial charge is 0.295 e. The third-order valence-corrected chi connectivity index (χ3v) is 6.09. The van der Waals surface area contributed by atoms with Gasteiger partial charge < -0.3 is 19.8 Å². The Balaban J connectivity index is 1.64. The van der Waals surface area contributed by atoms with Crippen LogP contribution in [0.2, 0.25) is 0 Å². The predicted octanol–water partition coefficient (Wildman–Crippen LogP) is 4.34. The predicted molar refractivity (Wildman–Crippen MR) is 123 cm³/mol. The number of hydrogen-bond donors (Lipinski definition) is 2. The van der Waals surface area contributed by atoms with E-state index in [1.54, 1.807) is 30.3 Å². The van der Waals surface area contributed by atoms with Crippen molar-refractivity contribution >= 4 is 17.4 Å². The highest BCUT2D eigenvalue weighted by Crippen LogP contribution is 2.42. The fourth-order valence-corrected chi connectivity index (χ4v) is 4.59. The summed E-state index contributed by atoms with van der Waals surface area (Å²) in [6.45, 7) is 2.16. The summed E-state index contributed by atoms with van der Waals surface area (Å²) in [5.74, 6) is -0.900. The number of ether oxygens (including phenoxy) is 1. The summed E-state index contributed by atoms with van der Waals surface area (Å²) in [5, 5.41) is 21.3. The number of phenolic OH excluding ortho intramolecular Hbond substituents is 1. The fraction of sp³-hybridized carbons (Fsp3) is 0.185. The normalized spacial score (nSPS) is 21.2. The molecule has 0 aromatic heterocycles. The number of Topliss-reactive ketones (excluding diaryl/α,β-unsaturated/α-hetero) is 1. The van der Waals surface area contributed by atoms with Gasteiger partial charge in [0.05, 0.1) is 11.6 Å². The summed E-state index contributed by atoms with van der Waals surface area (Å²) < 4.78 is 5.74. The molecule has 0 bridgehead atoms. The zero-order valence-corrected chi connectivity index (χ0v) is 18.1. The lowest BCUT2D eigenvalue weighted by Gasteiger charge is -2.25. The molecule has 6 heteroatoms. The Labute approximate surface area is 191 Å². The van der Waals surface area contributed by atoms with E-state index in [1.807, 2.05) is 37.3 Å². The van der Waals surface area contributed by atoms with Gasteiger partial charge in [0.15, 0.2) is 0 Å². The van der Waals surface area contributed by atoms with E-state index in [1.165, 1.54) is 17.0 Å². The Kier molecular flexibility index (Phi) is 5.13. The molecular weight excluding hydrogens is 418 g/mol. The molecule has 3 aromatic rings. The lowest BCUT2D eigenvalue weighted by molar-refractivity contribution is -0.140. The van der Waals surface area contributed by atoms with Crippen LogP contribution in [-0.2, 0) is 22.6 Å². The lowest BCUT2D eigenvalue weighted by Crippen LogP contribution is -2.29. The van der Waals surface area contributed by atoms with Crippen LogP contribution in [-0.4, -0.2) is 32.9 Å². The highest BCUT2D eigenvalue weighted by Gasteiger charge is 2.46. The molecular formula is C27H23NO5. The number of nitrogens with zero attached hydrogens (tertiary/aromatic N) is 1. The minimum absolute atomic E-state index is 0.00782. The van der Waals surface area contributed by atoms with Gasteiger partial charge >= 0.3 is 0 Å². The second kappa shape index (κ2) is 8.13. The van der Waals surface area contributed by atoms with Crippen molar-refractivity contribution in [3.05, 3.63) is 101 Å². The fourth-order valence-electron chi connectivity index (χ4n) is 4.59. The Morgan fingerprint density at radius 3 is 2.58 bits per heavy atom. The zero-order valence-electron chi connectivity index (χ0n) is 18.1. The number of amides is 1. The molecule has 0 saturated carbocycles. The second-order valence-electron chi connectivity index (χ2n) is 8.46. The van der Waals surface area contributed by atoms with E-state index in [-0.39, 0.29) is 29.7 Å². The number of hydrogen-bond acceptors (Lipinski definition) is 5. The van der Waals surface area contributed by atoms with Gasteiger partial charge in [-0.25, -0.2) is 0 Å². The number of fused-ring (bicyclic) bond motifs is 1. The van der Waals surface area contributed by atoms with Gasteiger partial charge in [0.25, 0.3) is 11.7 Å². The number of carbonyl (C=O) groups is 2. The molecule has 2 unspecified atom stereocenters. The van der Waals surface area contributed by atoms with Crippen molar-refractivity contribution in [2.24, 2.45) is 0 Å². The SMILES string of the molecule is CC1Cc2cc(/C(O)=C3\C(=O)C(=O)N(Cc4ccccc4)C3c3cccc(O)c3)ccc2O1. The molecule has 1 amide bonds. The summed E-state index contributed by atoms with van der Waals surface area (Å²) in [6.07, 6.45) is 0.746. The maximum atomic E-state index is 13.2. The number of aromatic hydroxyl groups is 1. The average Bonchev–Trinajstić information content (AvgIpc) is 3.30. The van der Waals surface area contributed by atoms with Crippen LogP contribution in [0.25, 0.3) is 5.76 Å². The maximum absolute atomic E-state index is 13.2. The first kappa shape index (κ1) is 20.8. The number of aliphatic hydroxyl groups is 1. The van der Waals surface area contributed by atoms with Crippen molar-refractivity contribution in [1.29, 1.82) is 0 Å². The highest BCUT2D eigenvalue weighted by atomic mass is 16.5. The zero-order chi connectivity index (χ0) is 23.1. The first-order valence-electron chi connectivity index (χ1n) is 10.8. The monoisotopic (exact) mass is 441 g/mol. The lowest BCUT2D eigenvalue weighted by atomic mass is 9.94. The van der Waals surface area contributed by atoms with Crippen LogP contribution in [0, 0.1) is 0 Å². The molecule has 1 saturated heterocycles. The number of rotatable bonds is 4. The molecule has 3 aromatic carbocycles. The molecule has 166 valence electrons. The average molecular weight is 441 g/mol. The Morgan fingerprint density at radius 1 is 1.03 bits per heavy atom. The van der Waals surface area contributed by atoms with Crippen molar-refractivity contribution in [2.45, 2.75) is 32.0 Å². The Bertz CT molecular complexity index is 1280. The molecule has 0 aliphatic carbocycles. The third kappa shape index (κ3) is 3.74. The minimum Gasteiger partial charge on any atom is -0.508 e. The van der Waals surface area contributed by atoms with E-state index >= 15 is 0 Å². The number of aliphatic hydroxyl groups excluding tert-OH is 1. The van der Waals surface area contributed by atoms with E-state index in [4.69, 9.17) is 4.74 Å². The van der Waals surface area contributed by atoms with Crippen LogP contribution >= 0.6 is 0 Å². The summed E-state index contributed by atoms with van der Waals surface area (Å²) in [5.41, 5.74) is 2.81. The molecule has 2 atom stereocenters. The molecule has 6 nitrogen and oxygen atoms in total. The van der Waals surface area contributed by atoms with Gasteiger partial charge in [0.1, 0.15) is 23.4 Å². The van der Waals surface area contributed by atoms with Crippen LogP contribution in [0.3, 0.4) is 0 Å². The quantitative estimate of drug-likeness (QED) is 0.357. The summed E-state index contributed by atoms with van der Waals surface area (Å²) in [7, 11) is 0. The number of ketones is 1. The summed E-state index contributed by atoms with van der Waals surface area (Å²) in [6, 6.07) is 20.2. The maximum Gasteiger partial charge on any atom is 0.295 e. The third-order valence-electron chi connectivity index (χ3n) is 6.09. The van der Waals surface area contributed by atoms with Crippen molar-refractivity contribution in [1.82, 2.24) is 4.90 Å². The van der Waals surface area contributed by atoms with Gasteiger partial charge in [0.2, 0.25) is 0 Å². The van der Waals surface area contributed by atoms with E-state index in [2.05, 4.69) is 0 Å². The van der Waals surface area contributed by atoms with E-state index < -0.39 is 17.7 Å². The van der Waals surface area contributed by atoms with Crippen LogP contribution in [0.5, 0.6) is 11.5 Å². The molecule has 2 aliphatic rings. The molecule has 2 aliphatic heterocycles. The number of carbonyl (C=O) groups excluding carboxylic acids is 2. The molecule has 33 heavy (non-hydrogen) atoms. The van der Waals surface area contributed by atoms with Crippen LogP contribution in [0.4, 0.5) is 0 Å². The molecule has 0 radical (unpaired) electrons. The van der Waals surface area contributed by atoms with Crippen molar-refractivity contribution < 1.29 is 24.5 Å². The van der Waals surface area contributed by atoms with E-state index in [0.29, 0.717) is 17.5 Å². The molecule has 2 N–H and O–H groups in total. The van der Waals surface area contributed by atoms with Crippen molar-refractivity contribution in [3.8, 4) is 11.5 Å². The first-order chi connectivity index (χ1) is 15.9. The Morgan fingerprint density at radius 2 is 1.82 bits per heavy atom. The summed E-state index contributed by atoms with van der Waals surface area (Å²) in [4.78, 5) is 27.7. The second-order valence-corrected chi connectivity index (χ2v) is 8.46. The van der Waals surface area contributed by atoms with Crippen molar-refractivity contribution in [3.63, 3.8) is 0 Å². The largest absolute Gasteiger partial charge is 0.508 e. The van der Waals surface area contributed by atoms with Gasteiger partial charge in [-0.1, -0.05) is 42.5 Å². The van der Waals surface area contributed by atoms with Gasteiger partial charge in [-0.15, -0.1) is 0 Å². The van der Waals surface area contributed by atoms with Crippen LogP contribution < -0.4 is 4.74 Å². The van der Waals surface area contributed by atoms with E-state index in [9.17, 15) is 19.8 Å². The molecule has 5 rings (SSSR count). The standard InChI is InChI=1S/C27H23NO5/c1-16-12-20-13-19(10-11-22(20)33-16)25(30)23-24(18-8-5-9-21(29)14-18)28(27(32)26(23)31)15-17-6-3-2-4-7-17/h2-11,13-14,16,24,29-30H,12,15H2,1H3/b25-23+. The molecule has 0 spiro atoms. The molecule has 2 heterocycles. The van der Waals surface area contributed by atoms with Gasteiger partial charge in [-0.3, -0.25) is 9.59 Å². The van der Waals surface area contributed by atoms with Crippen molar-refractivity contribution in [2.75, 3.05) is 0 Å². The van der Waals surface area contributed by atoms with Gasteiger partial charge in [-0.05, 0) is 53.9 Å². The minimum atomic E-state index is -0.833. The highest BCUT2D eigenvalue weighted by molar-refractivity contribution is 6.46. The van der Waals surface area contributed by atoms with Gasteiger partial charge in [0, 0.05) is 18.5 Å². The number of likely N-dealkylation sites (tertiary alicyclic amines) is 1. The Hall–Kier alpha value is -4.06. The topological polar surface area (TPSA) is 87.1 Å². The van der Waals surface area contributed by atoms with E-state index in [0.717, 1.165) is 16.9 Å². The van der Waals surface area contributed by atoms with Crippen LogP contribution in [0.15, 0.2) is 78.4 Å². The van der Waals surface area contributed by atoms with Gasteiger partial charge in [-0.2, -0.15) is 0 Å². The molecule has 1 fully saturated rings. The number of phenols is 1.